The Bertz CT molecular complexity index is 1490. The lowest BCUT2D eigenvalue weighted by Gasteiger charge is -2.19. The Morgan fingerprint density at radius 3 is 2.28 bits per heavy atom. The number of hydrogen-bond donors (Lipinski definition) is 2. The van der Waals surface area contributed by atoms with Crippen LogP contribution in [0.2, 0.25) is 0 Å². The van der Waals surface area contributed by atoms with E-state index in [2.05, 4.69) is 25.9 Å². The van der Waals surface area contributed by atoms with Crippen molar-refractivity contribution in [1.29, 1.82) is 0 Å². The summed E-state index contributed by atoms with van der Waals surface area (Å²) in [6.45, 7) is 4.02. The number of amides is 1. The van der Waals surface area contributed by atoms with Crippen molar-refractivity contribution < 1.29 is 4.79 Å². The predicted molar refractivity (Wildman–Crippen MR) is 147 cm³/mol. The molecule has 0 spiro atoms. The Hall–Kier alpha value is -3.95. The molecule has 0 fully saturated rings. The van der Waals surface area contributed by atoms with Gasteiger partial charge in [0.25, 0.3) is 0 Å². The third kappa shape index (κ3) is 4.89. The van der Waals surface area contributed by atoms with Gasteiger partial charge in [-0.1, -0.05) is 78.9 Å². The van der Waals surface area contributed by atoms with Gasteiger partial charge in [-0.05, 0) is 54.0 Å². The highest BCUT2D eigenvalue weighted by Crippen LogP contribution is 2.29. The average Bonchev–Trinajstić information content (AvgIpc) is 3.48. The minimum absolute atomic E-state index is 0.189. The smallest absolute Gasteiger partial charge is 0.238 e. The second-order valence-corrected chi connectivity index (χ2v) is 9.66. The minimum Gasteiger partial charge on any atom is -0.332 e. The fraction of sp³-hybridized carbons (Fsp3) is 0.148. The van der Waals surface area contributed by atoms with Crippen LogP contribution in [0, 0.1) is 6.92 Å². The highest BCUT2D eigenvalue weighted by atomic mass is 32.1. The van der Waals surface area contributed by atoms with Crippen molar-refractivity contribution in [2.75, 3.05) is 5.32 Å². The van der Waals surface area contributed by atoms with Gasteiger partial charge in [0.1, 0.15) is 5.01 Å². The first-order chi connectivity index (χ1) is 17.5. The molecule has 1 amide bonds. The van der Waals surface area contributed by atoms with Crippen molar-refractivity contribution in [2.24, 2.45) is 0 Å². The van der Waals surface area contributed by atoms with Gasteiger partial charge in [-0.15, -0.1) is 10.2 Å². The molecule has 2 N–H and O–H groups in total. The number of rotatable bonds is 6. The number of aromatic nitrogens is 4. The number of benzene rings is 3. The number of nitrogens with one attached hydrogen (secondary N) is 2. The molecule has 0 saturated carbocycles. The molecule has 2 heterocycles. The molecule has 5 aromatic rings. The Labute approximate surface area is 218 Å². The SMILES string of the molecule is CCc1nnc2sc(-c3ccc(NC(=S)NC(=O)C(c4ccccc4)c4ccccc4)c(C)c3)nn12. The van der Waals surface area contributed by atoms with E-state index in [4.69, 9.17) is 12.2 Å². The van der Waals surface area contributed by atoms with Crippen LogP contribution in [-0.2, 0) is 11.2 Å². The highest BCUT2D eigenvalue weighted by Gasteiger charge is 2.23. The molecule has 5 rings (SSSR count). The molecule has 0 aliphatic rings. The molecule has 0 unspecified atom stereocenters. The van der Waals surface area contributed by atoms with Gasteiger partial charge < -0.3 is 10.6 Å². The number of anilines is 1. The number of aryl methyl sites for hydroxylation is 2. The second-order valence-electron chi connectivity index (χ2n) is 8.30. The Morgan fingerprint density at radius 1 is 1.00 bits per heavy atom. The molecular weight excluding hydrogens is 488 g/mol. The third-order valence-corrected chi connectivity index (χ3v) is 7.01. The van der Waals surface area contributed by atoms with E-state index in [0.29, 0.717) is 0 Å². The van der Waals surface area contributed by atoms with E-state index >= 15 is 0 Å². The monoisotopic (exact) mass is 512 g/mol. The highest BCUT2D eigenvalue weighted by molar-refractivity contribution is 7.80. The summed E-state index contributed by atoms with van der Waals surface area (Å²) in [5, 5.41) is 20.2. The van der Waals surface area contributed by atoms with Crippen LogP contribution in [0.3, 0.4) is 0 Å². The average molecular weight is 513 g/mol. The van der Waals surface area contributed by atoms with E-state index < -0.39 is 5.92 Å². The minimum atomic E-state index is -0.470. The van der Waals surface area contributed by atoms with Crippen LogP contribution < -0.4 is 10.6 Å². The Balaban J connectivity index is 1.32. The van der Waals surface area contributed by atoms with Gasteiger partial charge in [-0.25, -0.2) is 0 Å². The second kappa shape index (κ2) is 10.3. The van der Waals surface area contributed by atoms with Gasteiger partial charge in [0.15, 0.2) is 10.9 Å². The topological polar surface area (TPSA) is 84.2 Å². The van der Waals surface area contributed by atoms with Crippen molar-refractivity contribution in [2.45, 2.75) is 26.2 Å². The van der Waals surface area contributed by atoms with Gasteiger partial charge in [0.2, 0.25) is 10.9 Å². The molecule has 2 aromatic heterocycles. The van der Waals surface area contributed by atoms with Crippen molar-refractivity contribution >= 4 is 45.2 Å². The molecule has 7 nitrogen and oxygen atoms in total. The van der Waals surface area contributed by atoms with Crippen molar-refractivity contribution in [3.05, 3.63) is 101 Å². The zero-order valence-corrected chi connectivity index (χ0v) is 21.4. The summed E-state index contributed by atoms with van der Waals surface area (Å²) in [5.74, 6) is 0.181. The van der Waals surface area contributed by atoms with Crippen LogP contribution in [0.1, 0.15) is 35.4 Å². The van der Waals surface area contributed by atoms with Crippen molar-refractivity contribution in [1.82, 2.24) is 25.1 Å². The molecule has 0 saturated heterocycles. The molecular formula is C27H24N6OS2. The zero-order chi connectivity index (χ0) is 25.1. The Kier molecular flexibility index (Phi) is 6.84. The number of fused-ring (bicyclic) bond motifs is 1. The molecule has 0 aliphatic carbocycles. The molecule has 0 bridgehead atoms. The standard InChI is InChI=1S/C27H24N6OS2/c1-3-22-30-31-27-33(22)32-25(36-27)20-14-15-21(17(2)16-20)28-26(35)29-24(34)23(18-10-6-4-7-11-18)19-12-8-5-9-13-19/h4-16,23H,3H2,1-2H3,(H2,28,29,34,35). The first-order valence-electron chi connectivity index (χ1n) is 11.6. The zero-order valence-electron chi connectivity index (χ0n) is 19.8. The molecule has 36 heavy (non-hydrogen) atoms. The Morgan fingerprint density at radius 2 is 1.67 bits per heavy atom. The van der Waals surface area contributed by atoms with E-state index in [1.807, 2.05) is 92.7 Å². The van der Waals surface area contributed by atoms with Gasteiger partial charge in [-0.3, -0.25) is 4.79 Å². The maximum atomic E-state index is 13.3. The number of thiocarbonyl (C=S) groups is 1. The maximum absolute atomic E-state index is 13.3. The van der Waals surface area contributed by atoms with Crippen LogP contribution in [0.25, 0.3) is 15.5 Å². The van der Waals surface area contributed by atoms with E-state index in [-0.39, 0.29) is 11.0 Å². The summed E-state index contributed by atoms with van der Waals surface area (Å²) in [6.07, 6.45) is 0.769. The molecule has 0 aliphatic heterocycles. The summed E-state index contributed by atoms with van der Waals surface area (Å²) >= 11 is 7.00. The normalized spacial score (nSPS) is 11.1. The van der Waals surface area contributed by atoms with Gasteiger partial charge in [0, 0.05) is 17.7 Å². The number of hydrogen-bond acceptors (Lipinski definition) is 6. The fourth-order valence-electron chi connectivity index (χ4n) is 4.06. The lowest BCUT2D eigenvalue weighted by Crippen LogP contribution is -2.38. The van der Waals surface area contributed by atoms with Crippen LogP contribution in [0.5, 0.6) is 0 Å². The fourth-order valence-corrected chi connectivity index (χ4v) is 5.12. The quantitative estimate of drug-likeness (QED) is 0.298. The van der Waals surface area contributed by atoms with Gasteiger partial charge in [-0.2, -0.15) is 9.61 Å². The summed E-state index contributed by atoms with van der Waals surface area (Å²) < 4.78 is 1.79. The summed E-state index contributed by atoms with van der Waals surface area (Å²) in [6, 6.07) is 25.4. The third-order valence-electron chi connectivity index (χ3n) is 5.86. The van der Waals surface area contributed by atoms with Crippen LogP contribution >= 0.6 is 23.6 Å². The summed E-state index contributed by atoms with van der Waals surface area (Å²) in [4.78, 5) is 14.1. The van der Waals surface area contributed by atoms with Crippen LogP contribution in [0.15, 0.2) is 78.9 Å². The molecule has 0 radical (unpaired) electrons. The van der Waals surface area contributed by atoms with Crippen molar-refractivity contribution in [3.8, 4) is 10.6 Å². The molecule has 3 aromatic carbocycles. The van der Waals surface area contributed by atoms with Gasteiger partial charge >= 0.3 is 0 Å². The number of nitrogens with zero attached hydrogens (tertiary/aromatic N) is 4. The lowest BCUT2D eigenvalue weighted by molar-refractivity contribution is -0.120. The predicted octanol–water partition coefficient (Wildman–Crippen LogP) is 5.37. The largest absolute Gasteiger partial charge is 0.332 e. The summed E-state index contributed by atoms with van der Waals surface area (Å²) in [7, 11) is 0. The van der Waals surface area contributed by atoms with Crippen molar-refractivity contribution in [3.63, 3.8) is 0 Å². The van der Waals surface area contributed by atoms with E-state index in [1.165, 1.54) is 11.3 Å². The van der Waals surface area contributed by atoms with Crippen LogP contribution in [-0.4, -0.2) is 30.8 Å². The first kappa shape index (κ1) is 23.8. The van der Waals surface area contributed by atoms with E-state index in [9.17, 15) is 4.79 Å². The summed E-state index contributed by atoms with van der Waals surface area (Å²) in [5.41, 5.74) is 4.59. The van der Waals surface area contributed by atoms with Crippen LogP contribution in [0.4, 0.5) is 5.69 Å². The number of carbonyl (C=O) groups is 1. The first-order valence-corrected chi connectivity index (χ1v) is 12.8. The molecule has 0 atom stereocenters. The maximum Gasteiger partial charge on any atom is 0.238 e. The lowest BCUT2D eigenvalue weighted by atomic mass is 9.90. The van der Waals surface area contributed by atoms with E-state index in [1.54, 1.807) is 4.52 Å². The van der Waals surface area contributed by atoms with E-state index in [0.717, 1.165) is 50.2 Å². The van der Waals surface area contributed by atoms with Gasteiger partial charge in [0.05, 0.1) is 5.92 Å². The molecule has 9 heteroatoms. The number of carbonyl (C=O) groups excluding carboxylic acids is 1. The molecule has 180 valence electrons.